The van der Waals surface area contributed by atoms with Gasteiger partial charge in [-0.2, -0.15) is 0 Å². The molecule has 0 bridgehead atoms. The number of anilines is 2. The number of benzene rings is 2. The van der Waals surface area contributed by atoms with Gasteiger partial charge in [0, 0.05) is 42.6 Å². The van der Waals surface area contributed by atoms with Crippen LogP contribution in [0.3, 0.4) is 0 Å². The van der Waals surface area contributed by atoms with Crippen molar-refractivity contribution in [2.45, 2.75) is 26.2 Å². The molecule has 1 fully saturated rings. The lowest BCUT2D eigenvalue weighted by Crippen LogP contribution is -2.48. The summed E-state index contributed by atoms with van der Waals surface area (Å²) in [6, 6.07) is 16.0. The van der Waals surface area contributed by atoms with Gasteiger partial charge < -0.3 is 10.2 Å². The number of rotatable bonds is 4. The molecule has 1 aliphatic rings. The molecule has 1 aliphatic heterocycles. The van der Waals surface area contributed by atoms with E-state index in [1.54, 1.807) is 0 Å². The highest BCUT2D eigenvalue weighted by Crippen LogP contribution is 2.29. The number of halogens is 1. The summed E-state index contributed by atoms with van der Waals surface area (Å²) in [5, 5.41) is 3.86. The van der Waals surface area contributed by atoms with Crippen LogP contribution in [0.4, 0.5) is 11.4 Å². The number of carbonyl (C=O) groups is 1. The van der Waals surface area contributed by atoms with Crippen LogP contribution in [-0.2, 0) is 10.2 Å². The molecule has 2 aromatic carbocycles. The van der Waals surface area contributed by atoms with Gasteiger partial charge in [-0.25, -0.2) is 0 Å². The van der Waals surface area contributed by atoms with Crippen molar-refractivity contribution < 1.29 is 4.79 Å². The van der Waals surface area contributed by atoms with Crippen LogP contribution >= 0.6 is 11.6 Å². The highest BCUT2D eigenvalue weighted by molar-refractivity contribution is 6.30. The topological polar surface area (TPSA) is 35.6 Å². The second-order valence-electron chi connectivity index (χ2n) is 8.09. The van der Waals surface area contributed by atoms with Crippen molar-refractivity contribution in [3.05, 3.63) is 59.1 Å². The maximum absolute atomic E-state index is 12.6. The zero-order chi connectivity index (χ0) is 19.4. The Hall–Kier alpha value is -2.04. The molecule has 3 rings (SSSR count). The Morgan fingerprint density at radius 2 is 1.74 bits per heavy atom. The smallest absolute Gasteiger partial charge is 0.238 e. The Morgan fingerprint density at radius 3 is 2.41 bits per heavy atom. The lowest BCUT2D eigenvalue weighted by atomic mass is 9.86. The van der Waals surface area contributed by atoms with Crippen molar-refractivity contribution >= 4 is 28.9 Å². The molecule has 0 aliphatic carbocycles. The Bertz CT molecular complexity index is 792. The van der Waals surface area contributed by atoms with Crippen LogP contribution in [0.5, 0.6) is 0 Å². The minimum absolute atomic E-state index is 0.00748. The lowest BCUT2D eigenvalue weighted by molar-refractivity contribution is -0.117. The Balaban J connectivity index is 1.55. The molecular weight excluding hydrogens is 358 g/mol. The number of hydrogen-bond donors (Lipinski definition) is 1. The predicted molar refractivity (Wildman–Crippen MR) is 114 cm³/mol. The maximum Gasteiger partial charge on any atom is 0.238 e. The fourth-order valence-corrected chi connectivity index (χ4v) is 3.66. The molecular formula is C22H28ClN3O. The molecule has 0 aromatic heterocycles. The molecule has 5 heteroatoms. The van der Waals surface area contributed by atoms with Crippen LogP contribution < -0.4 is 10.2 Å². The number of amides is 1. The van der Waals surface area contributed by atoms with E-state index in [1.807, 2.05) is 36.4 Å². The van der Waals surface area contributed by atoms with Crippen molar-refractivity contribution in [1.82, 2.24) is 4.90 Å². The molecule has 1 saturated heterocycles. The van der Waals surface area contributed by atoms with E-state index in [-0.39, 0.29) is 11.3 Å². The number of carbonyl (C=O) groups excluding carboxylic acids is 1. The second-order valence-corrected chi connectivity index (χ2v) is 8.52. The first kappa shape index (κ1) is 19.7. The normalized spacial score (nSPS) is 15.6. The minimum atomic E-state index is -0.00748. The maximum atomic E-state index is 12.6. The van der Waals surface area contributed by atoms with Crippen molar-refractivity contribution in [3.8, 4) is 0 Å². The summed E-state index contributed by atoms with van der Waals surface area (Å²) < 4.78 is 0. The highest BCUT2D eigenvalue weighted by Gasteiger charge is 2.21. The van der Waals surface area contributed by atoms with Gasteiger partial charge in [0.15, 0.2) is 0 Å². The Labute approximate surface area is 167 Å². The van der Waals surface area contributed by atoms with Crippen LogP contribution in [0, 0.1) is 0 Å². The summed E-state index contributed by atoms with van der Waals surface area (Å²) in [5.41, 5.74) is 3.20. The van der Waals surface area contributed by atoms with E-state index in [9.17, 15) is 4.79 Å². The van der Waals surface area contributed by atoms with Gasteiger partial charge in [-0.3, -0.25) is 9.69 Å². The van der Waals surface area contributed by atoms with E-state index >= 15 is 0 Å². The van der Waals surface area contributed by atoms with E-state index < -0.39 is 0 Å². The van der Waals surface area contributed by atoms with E-state index in [2.05, 4.69) is 48.0 Å². The lowest BCUT2D eigenvalue weighted by Gasteiger charge is -2.35. The summed E-state index contributed by atoms with van der Waals surface area (Å²) in [7, 11) is 0. The first-order valence-corrected chi connectivity index (χ1v) is 9.83. The standard InChI is InChI=1S/C22H28ClN3O/c1-22(2,3)19-9-4-5-10-20(19)24-21(27)16-25-11-13-26(14-12-25)18-8-6-7-17(23)15-18/h4-10,15H,11-14,16H2,1-3H3,(H,24,27). The first-order chi connectivity index (χ1) is 12.8. The second kappa shape index (κ2) is 8.32. The van der Waals surface area contributed by atoms with E-state index in [1.165, 1.54) is 0 Å². The van der Waals surface area contributed by atoms with Crippen molar-refractivity contribution in [1.29, 1.82) is 0 Å². The first-order valence-electron chi connectivity index (χ1n) is 9.45. The Kier molecular flexibility index (Phi) is 6.08. The van der Waals surface area contributed by atoms with Gasteiger partial charge >= 0.3 is 0 Å². The number of para-hydroxylation sites is 1. The fourth-order valence-electron chi connectivity index (χ4n) is 3.48. The molecule has 0 unspecified atom stereocenters. The third kappa shape index (κ3) is 5.24. The molecule has 144 valence electrons. The number of nitrogens with zero attached hydrogens (tertiary/aromatic N) is 2. The van der Waals surface area contributed by atoms with Gasteiger partial charge in [-0.15, -0.1) is 0 Å². The van der Waals surface area contributed by atoms with Crippen LogP contribution in [-0.4, -0.2) is 43.5 Å². The number of piperazine rings is 1. The van der Waals surface area contributed by atoms with Gasteiger partial charge in [0.1, 0.15) is 0 Å². The molecule has 1 N–H and O–H groups in total. The van der Waals surface area contributed by atoms with Crippen LogP contribution in [0.15, 0.2) is 48.5 Å². The number of nitrogens with one attached hydrogen (secondary N) is 1. The van der Waals surface area contributed by atoms with Gasteiger partial charge in [-0.1, -0.05) is 56.6 Å². The van der Waals surface area contributed by atoms with Crippen LogP contribution in [0.2, 0.25) is 5.02 Å². The third-order valence-corrected chi connectivity index (χ3v) is 5.16. The van der Waals surface area contributed by atoms with Crippen LogP contribution in [0.25, 0.3) is 0 Å². The minimum Gasteiger partial charge on any atom is -0.369 e. The average molecular weight is 386 g/mol. The van der Waals surface area contributed by atoms with Crippen molar-refractivity contribution in [3.63, 3.8) is 0 Å². The van der Waals surface area contributed by atoms with E-state index in [0.29, 0.717) is 6.54 Å². The molecule has 0 saturated carbocycles. The van der Waals surface area contributed by atoms with Crippen molar-refractivity contribution in [2.24, 2.45) is 0 Å². The zero-order valence-electron chi connectivity index (χ0n) is 16.3. The largest absolute Gasteiger partial charge is 0.369 e. The zero-order valence-corrected chi connectivity index (χ0v) is 17.1. The third-order valence-electron chi connectivity index (χ3n) is 4.92. The quantitative estimate of drug-likeness (QED) is 0.847. The van der Waals surface area contributed by atoms with Crippen LogP contribution in [0.1, 0.15) is 26.3 Å². The summed E-state index contributed by atoms with van der Waals surface area (Å²) in [5.74, 6) is 0.0444. The average Bonchev–Trinajstić information content (AvgIpc) is 2.62. The van der Waals surface area contributed by atoms with Gasteiger partial charge in [0.25, 0.3) is 0 Å². The van der Waals surface area contributed by atoms with E-state index in [0.717, 1.165) is 48.1 Å². The molecule has 27 heavy (non-hydrogen) atoms. The molecule has 0 spiro atoms. The highest BCUT2D eigenvalue weighted by atomic mass is 35.5. The predicted octanol–water partition coefficient (Wildman–Crippen LogP) is 4.40. The van der Waals surface area contributed by atoms with Crippen molar-refractivity contribution in [2.75, 3.05) is 42.9 Å². The monoisotopic (exact) mass is 385 g/mol. The molecule has 1 amide bonds. The van der Waals surface area contributed by atoms with Gasteiger partial charge in [0.2, 0.25) is 5.91 Å². The molecule has 0 atom stereocenters. The summed E-state index contributed by atoms with van der Waals surface area (Å²) in [6.45, 7) is 10.4. The number of hydrogen-bond acceptors (Lipinski definition) is 3. The van der Waals surface area contributed by atoms with Gasteiger partial charge in [-0.05, 0) is 35.2 Å². The summed E-state index contributed by atoms with van der Waals surface area (Å²) in [4.78, 5) is 17.1. The summed E-state index contributed by atoms with van der Waals surface area (Å²) >= 11 is 6.09. The Morgan fingerprint density at radius 1 is 1.04 bits per heavy atom. The molecule has 2 aromatic rings. The SMILES string of the molecule is CC(C)(C)c1ccccc1NC(=O)CN1CCN(c2cccc(Cl)c2)CC1. The molecule has 4 nitrogen and oxygen atoms in total. The molecule has 0 radical (unpaired) electrons. The fraction of sp³-hybridized carbons (Fsp3) is 0.409. The van der Waals surface area contributed by atoms with Gasteiger partial charge in [0.05, 0.1) is 6.54 Å². The molecule has 1 heterocycles. The van der Waals surface area contributed by atoms with E-state index in [4.69, 9.17) is 11.6 Å². The summed E-state index contributed by atoms with van der Waals surface area (Å²) in [6.07, 6.45) is 0.